The van der Waals surface area contributed by atoms with Gasteiger partial charge in [0.1, 0.15) is 0 Å². The zero-order chi connectivity index (χ0) is 15.0. The molecule has 6 heteroatoms. The minimum absolute atomic E-state index is 0.0764. The summed E-state index contributed by atoms with van der Waals surface area (Å²) in [5.74, 6) is -0.793. The third-order valence-corrected chi connectivity index (χ3v) is 3.45. The minimum atomic E-state index is -1.13. The van der Waals surface area contributed by atoms with Gasteiger partial charge in [0.25, 0.3) is 0 Å². The van der Waals surface area contributed by atoms with Crippen LogP contribution >= 0.6 is 23.2 Å². The second kappa shape index (κ2) is 5.31. The molecule has 2 aromatic carbocycles. The van der Waals surface area contributed by atoms with Gasteiger partial charge in [-0.2, -0.15) is 0 Å². The number of nitrogens with zero attached hydrogens (tertiary/aromatic N) is 2. The highest BCUT2D eigenvalue weighted by molar-refractivity contribution is 6.31. The molecule has 0 bridgehead atoms. The van der Waals surface area contributed by atoms with E-state index in [9.17, 15) is 9.90 Å². The van der Waals surface area contributed by atoms with E-state index in [1.165, 1.54) is 0 Å². The predicted octanol–water partition coefficient (Wildman–Crippen LogP) is 4.30. The molecule has 0 saturated carbocycles. The van der Waals surface area contributed by atoms with E-state index < -0.39 is 5.97 Å². The summed E-state index contributed by atoms with van der Waals surface area (Å²) in [7, 11) is 0. The average Bonchev–Trinajstić information content (AvgIpc) is 2.46. The fraction of sp³-hybridized carbons (Fsp3) is 0. The summed E-state index contributed by atoms with van der Waals surface area (Å²) in [6.45, 7) is 0. The Morgan fingerprint density at radius 2 is 1.62 bits per heavy atom. The first-order valence-electron chi connectivity index (χ1n) is 6.01. The quantitative estimate of drug-likeness (QED) is 0.765. The summed E-state index contributed by atoms with van der Waals surface area (Å²) >= 11 is 11.8. The maximum atomic E-state index is 11.4. The largest absolute Gasteiger partial charge is 0.476 e. The van der Waals surface area contributed by atoms with Crippen LogP contribution in [-0.4, -0.2) is 21.0 Å². The van der Waals surface area contributed by atoms with Gasteiger partial charge in [0.05, 0.1) is 5.52 Å². The molecule has 1 heterocycles. The fourth-order valence-electron chi connectivity index (χ4n) is 1.99. The lowest BCUT2D eigenvalue weighted by Crippen LogP contribution is -2.04. The SMILES string of the molecule is O=C(O)c1nc(-c2ccc(Cl)cc2)nc2ccc(Cl)cc12. The topological polar surface area (TPSA) is 63.1 Å². The Kier molecular flexibility index (Phi) is 3.49. The summed E-state index contributed by atoms with van der Waals surface area (Å²) in [5.41, 5.74) is 1.14. The van der Waals surface area contributed by atoms with Gasteiger partial charge in [-0.3, -0.25) is 0 Å². The maximum Gasteiger partial charge on any atom is 0.355 e. The third kappa shape index (κ3) is 2.68. The molecule has 0 spiro atoms. The van der Waals surface area contributed by atoms with Gasteiger partial charge >= 0.3 is 5.97 Å². The van der Waals surface area contributed by atoms with Crippen molar-refractivity contribution < 1.29 is 9.90 Å². The molecule has 3 aromatic rings. The molecule has 0 aliphatic carbocycles. The average molecular weight is 319 g/mol. The van der Waals surface area contributed by atoms with E-state index in [2.05, 4.69) is 9.97 Å². The first-order valence-corrected chi connectivity index (χ1v) is 6.77. The van der Waals surface area contributed by atoms with Gasteiger partial charge in [0, 0.05) is 21.0 Å². The van der Waals surface area contributed by atoms with Gasteiger partial charge in [-0.15, -0.1) is 0 Å². The number of fused-ring (bicyclic) bond motifs is 1. The molecule has 0 saturated heterocycles. The fourth-order valence-corrected chi connectivity index (χ4v) is 2.29. The summed E-state index contributed by atoms with van der Waals surface area (Å²) in [6, 6.07) is 11.8. The summed E-state index contributed by atoms with van der Waals surface area (Å²) in [4.78, 5) is 19.9. The van der Waals surface area contributed by atoms with Crippen molar-refractivity contribution in [1.29, 1.82) is 0 Å². The van der Waals surface area contributed by atoms with Crippen LogP contribution in [-0.2, 0) is 0 Å². The molecule has 0 amide bonds. The van der Waals surface area contributed by atoms with Gasteiger partial charge < -0.3 is 5.11 Å². The number of aromatic carboxylic acids is 1. The second-order valence-electron chi connectivity index (χ2n) is 4.37. The van der Waals surface area contributed by atoms with Crippen LogP contribution in [0.15, 0.2) is 42.5 Å². The first-order chi connectivity index (χ1) is 10.0. The summed E-state index contributed by atoms with van der Waals surface area (Å²) in [6.07, 6.45) is 0. The van der Waals surface area contributed by atoms with Crippen molar-refractivity contribution in [3.63, 3.8) is 0 Å². The van der Waals surface area contributed by atoms with Gasteiger partial charge in [0.2, 0.25) is 0 Å². The van der Waals surface area contributed by atoms with Crippen LogP contribution in [0.2, 0.25) is 10.0 Å². The van der Waals surface area contributed by atoms with Gasteiger partial charge in [0.15, 0.2) is 11.5 Å². The van der Waals surface area contributed by atoms with Crippen LogP contribution in [0.3, 0.4) is 0 Å². The molecule has 0 fully saturated rings. The zero-order valence-corrected chi connectivity index (χ0v) is 12.1. The lowest BCUT2D eigenvalue weighted by molar-refractivity contribution is 0.0693. The Bertz CT molecular complexity index is 848. The number of carbonyl (C=O) groups is 1. The van der Waals surface area contributed by atoms with Crippen molar-refractivity contribution >= 4 is 40.1 Å². The number of aromatic nitrogens is 2. The Morgan fingerprint density at radius 3 is 2.29 bits per heavy atom. The first kappa shape index (κ1) is 13.8. The van der Waals surface area contributed by atoms with Crippen LogP contribution in [0, 0.1) is 0 Å². The number of rotatable bonds is 2. The Labute approximate surface area is 130 Å². The van der Waals surface area contributed by atoms with Crippen LogP contribution in [0.1, 0.15) is 10.5 Å². The molecule has 21 heavy (non-hydrogen) atoms. The molecule has 0 unspecified atom stereocenters. The summed E-state index contributed by atoms with van der Waals surface area (Å²) < 4.78 is 0. The monoisotopic (exact) mass is 318 g/mol. The van der Waals surface area contributed by atoms with Crippen molar-refractivity contribution in [3.8, 4) is 11.4 Å². The van der Waals surface area contributed by atoms with Crippen LogP contribution < -0.4 is 0 Å². The van der Waals surface area contributed by atoms with E-state index >= 15 is 0 Å². The standard InChI is InChI=1S/C15H8Cl2N2O2/c16-9-3-1-8(2-4-9)14-18-12-6-5-10(17)7-11(12)13(19-14)15(20)21/h1-7H,(H,20,21). The third-order valence-electron chi connectivity index (χ3n) is 2.96. The smallest absolute Gasteiger partial charge is 0.355 e. The molecule has 4 nitrogen and oxygen atoms in total. The molecular formula is C15H8Cl2N2O2. The molecular weight excluding hydrogens is 311 g/mol. The normalized spacial score (nSPS) is 10.8. The van der Waals surface area contributed by atoms with Crippen molar-refractivity contribution in [2.45, 2.75) is 0 Å². The van der Waals surface area contributed by atoms with Gasteiger partial charge in [-0.1, -0.05) is 23.2 Å². The number of carboxylic acid groups (broad SMARTS) is 1. The molecule has 3 rings (SSSR count). The Morgan fingerprint density at radius 1 is 0.952 bits per heavy atom. The maximum absolute atomic E-state index is 11.4. The van der Waals surface area contributed by atoms with E-state index in [1.807, 2.05) is 0 Å². The Balaban J connectivity index is 2.28. The molecule has 104 valence electrons. The second-order valence-corrected chi connectivity index (χ2v) is 5.24. The van der Waals surface area contributed by atoms with Crippen molar-refractivity contribution in [2.24, 2.45) is 0 Å². The zero-order valence-electron chi connectivity index (χ0n) is 10.5. The highest BCUT2D eigenvalue weighted by Gasteiger charge is 2.15. The van der Waals surface area contributed by atoms with Gasteiger partial charge in [-0.25, -0.2) is 14.8 Å². The predicted molar refractivity (Wildman–Crippen MR) is 82.0 cm³/mol. The van der Waals surface area contributed by atoms with E-state index in [-0.39, 0.29) is 5.69 Å². The molecule has 1 aromatic heterocycles. The van der Waals surface area contributed by atoms with Crippen molar-refractivity contribution in [1.82, 2.24) is 9.97 Å². The number of hydrogen-bond donors (Lipinski definition) is 1. The highest BCUT2D eigenvalue weighted by Crippen LogP contribution is 2.25. The van der Waals surface area contributed by atoms with Crippen molar-refractivity contribution in [2.75, 3.05) is 0 Å². The molecule has 1 N–H and O–H groups in total. The number of halogens is 2. The van der Waals surface area contributed by atoms with Crippen LogP contribution in [0.25, 0.3) is 22.3 Å². The lowest BCUT2D eigenvalue weighted by atomic mass is 10.1. The lowest BCUT2D eigenvalue weighted by Gasteiger charge is -2.06. The van der Waals surface area contributed by atoms with Crippen molar-refractivity contribution in [3.05, 3.63) is 58.2 Å². The minimum Gasteiger partial charge on any atom is -0.476 e. The number of carboxylic acids is 1. The van der Waals surface area contributed by atoms with E-state index in [0.717, 1.165) is 0 Å². The number of hydrogen-bond acceptors (Lipinski definition) is 3. The number of benzene rings is 2. The molecule has 0 atom stereocenters. The molecule has 0 aliphatic rings. The van der Waals surface area contributed by atoms with E-state index in [4.69, 9.17) is 23.2 Å². The highest BCUT2D eigenvalue weighted by atomic mass is 35.5. The summed E-state index contributed by atoms with van der Waals surface area (Å²) in [5, 5.41) is 10.8. The molecule has 0 radical (unpaired) electrons. The van der Waals surface area contributed by atoms with E-state index in [1.54, 1.807) is 42.5 Å². The van der Waals surface area contributed by atoms with Gasteiger partial charge in [-0.05, 0) is 42.5 Å². The Hall–Kier alpha value is -2.17. The van der Waals surface area contributed by atoms with E-state index in [0.29, 0.717) is 32.3 Å². The molecule has 0 aliphatic heterocycles. The van der Waals surface area contributed by atoms with Crippen LogP contribution in [0.5, 0.6) is 0 Å². The van der Waals surface area contributed by atoms with Crippen LogP contribution in [0.4, 0.5) is 0 Å².